The zero-order valence-corrected chi connectivity index (χ0v) is 18.4. The highest BCUT2D eigenvalue weighted by molar-refractivity contribution is 7.46. The van der Waals surface area contributed by atoms with Gasteiger partial charge in [0.05, 0.1) is 6.61 Å². The Bertz CT molecular complexity index is 898. The maximum Gasteiger partial charge on any atom is 0.469 e. The number of phosphoric ester groups is 1. The molecule has 2 aromatic rings. The largest absolute Gasteiger partial charge is 0.490 e. The van der Waals surface area contributed by atoms with Crippen LogP contribution in [0.2, 0.25) is 0 Å². The summed E-state index contributed by atoms with van der Waals surface area (Å²) in [6.45, 7) is 6.13. The van der Waals surface area contributed by atoms with Crippen LogP contribution in [0.3, 0.4) is 0 Å². The minimum absolute atomic E-state index is 0.204. The van der Waals surface area contributed by atoms with Gasteiger partial charge in [0.25, 0.3) is 0 Å². The van der Waals surface area contributed by atoms with Crippen LogP contribution in [0.25, 0.3) is 6.08 Å². The lowest BCUT2D eigenvalue weighted by molar-refractivity contribution is 0.154. The molecule has 0 saturated heterocycles. The van der Waals surface area contributed by atoms with Crippen molar-refractivity contribution in [3.05, 3.63) is 58.9 Å². The molecule has 1 unspecified atom stereocenters. The number of phosphoric acid groups is 1. The SMILES string of the molecule is Cc1ccc(OC/C=C/c2ccc(CCC(C)(N)COP(=O)(O)O)n2C)cc1C. The number of hydrogen-bond donors (Lipinski definition) is 3. The van der Waals surface area contributed by atoms with Gasteiger partial charge in [-0.2, -0.15) is 0 Å². The van der Waals surface area contributed by atoms with E-state index >= 15 is 0 Å². The van der Waals surface area contributed by atoms with Gasteiger partial charge in [-0.05, 0) is 81.2 Å². The summed E-state index contributed by atoms with van der Waals surface area (Å²) in [4.78, 5) is 17.7. The van der Waals surface area contributed by atoms with Crippen molar-refractivity contribution in [2.45, 2.75) is 39.2 Å². The Kier molecular flexibility index (Phi) is 7.86. The third kappa shape index (κ3) is 7.80. The third-order valence-corrected chi connectivity index (χ3v) is 5.36. The molecule has 0 saturated carbocycles. The molecule has 4 N–H and O–H groups in total. The van der Waals surface area contributed by atoms with E-state index in [0.29, 0.717) is 19.4 Å². The van der Waals surface area contributed by atoms with Gasteiger partial charge in [0.15, 0.2) is 0 Å². The summed E-state index contributed by atoms with van der Waals surface area (Å²) >= 11 is 0. The lowest BCUT2D eigenvalue weighted by atomic mass is 9.97. The van der Waals surface area contributed by atoms with Crippen molar-refractivity contribution in [1.82, 2.24) is 4.57 Å². The number of nitrogens with zero attached hydrogens (tertiary/aromatic N) is 1. The second kappa shape index (κ2) is 9.74. The normalized spacial score (nSPS) is 14.3. The summed E-state index contributed by atoms with van der Waals surface area (Å²) in [5.74, 6) is 0.852. The summed E-state index contributed by atoms with van der Waals surface area (Å²) in [5, 5.41) is 0. The van der Waals surface area contributed by atoms with Crippen molar-refractivity contribution in [2.24, 2.45) is 12.8 Å². The molecule has 1 atom stereocenters. The number of benzene rings is 1. The molecule has 29 heavy (non-hydrogen) atoms. The van der Waals surface area contributed by atoms with Gasteiger partial charge in [-0.3, -0.25) is 4.52 Å². The summed E-state index contributed by atoms with van der Waals surface area (Å²) in [6, 6.07) is 10.1. The smallest absolute Gasteiger partial charge is 0.469 e. The molecule has 2 rings (SSSR count). The first kappa shape index (κ1) is 23.4. The summed E-state index contributed by atoms with van der Waals surface area (Å²) in [6.07, 6.45) is 5.17. The summed E-state index contributed by atoms with van der Waals surface area (Å²) < 4.78 is 23.2. The minimum atomic E-state index is -4.51. The molecule has 0 aliphatic rings. The van der Waals surface area contributed by atoms with Crippen molar-refractivity contribution in [1.29, 1.82) is 0 Å². The molecule has 0 aliphatic carbocycles. The molecule has 160 valence electrons. The van der Waals surface area contributed by atoms with E-state index in [0.717, 1.165) is 17.1 Å². The van der Waals surface area contributed by atoms with Crippen LogP contribution in [0.1, 0.15) is 35.9 Å². The molecule has 1 heterocycles. The molecular weight excluding hydrogens is 391 g/mol. The predicted molar refractivity (Wildman–Crippen MR) is 115 cm³/mol. The first-order chi connectivity index (χ1) is 13.5. The van der Waals surface area contributed by atoms with E-state index in [1.54, 1.807) is 6.92 Å². The molecule has 1 aromatic heterocycles. The Morgan fingerprint density at radius 2 is 1.93 bits per heavy atom. The fourth-order valence-electron chi connectivity index (χ4n) is 2.82. The minimum Gasteiger partial charge on any atom is -0.490 e. The van der Waals surface area contributed by atoms with Crippen LogP contribution in [0.5, 0.6) is 5.75 Å². The molecule has 1 aromatic carbocycles. The van der Waals surface area contributed by atoms with Crippen molar-refractivity contribution in [2.75, 3.05) is 13.2 Å². The highest BCUT2D eigenvalue weighted by atomic mass is 31.2. The van der Waals surface area contributed by atoms with Gasteiger partial charge < -0.3 is 24.8 Å². The van der Waals surface area contributed by atoms with Crippen LogP contribution < -0.4 is 10.5 Å². The zero-order chi connectivity index (χ0) is 21.7. The summed E-state index contributed by atoms with van der Waals surface area (Å²) in [7, 11) is -2.54. The van der Waals surface area contributed by atoms with E-state index < -0.39 is 13.4 Å². The number of hydrogen-bond acceptors (Lipinski definition) is 4. The van der Waals surface area contributed by atoms with Gasteiger partial charge in [0.2, 0.25) is 0 Å². The number of rotatable bonds is 10. The van der Waals surface area contributed by atoms with Crippen LogP contribution >= 0.6 is 7.82 Å². The maximum atomic E-state index is 10.9. The standard InChI is InChI=1S/C21H31N2O5P/c1-16-7-10-20(14-17(16)2)27-13-5-6-18-8-9-19(23(18)4)11-12-21(3,22)15-28-29(24,25)26/h5-10,14H,11-13,15,22H2,1-4H3,(H2,24,25,26)/b6-5+. The second-order valence-electron chi connectivity index (χ2n) is 7.69. The first-order valence-electron chi connectivity index (χ1n) is 9.47. The molecule has 0 fully saturated rings. The van der Waals surface area contributed by atoms with Gasteiger partial charge >= 0.3 is 7.82 Å². The molecule has 0 amide bonds. The quantitative estimate of drug-likeness (QED) is 0.506. The Balaban J connectivity index is 1.87. The molecule has 0 bridgehead atoms. The monoisotopic (exact) mass is 422 g/mol. The molecule has 7 nitrogen and oxygen atoms in total. The number of ether oxygens (including phenoxy) is 1. The average molecular weight is 422 g/mol. The molecule has 0 aliphatic heterocycles. The van der Waals surface area contributed by atoms with E-state index in [2.05, 4.69) is 22.9 Å². The van der Waals surface area contributed by atoms with Crippen molar-refractivity contribution in [3.63, 3.8) is 0 Å². The highest BCUT2D eigenvalue weighted by Gasteiger charge is 2.24. The van der Waals surface area contributed by atoms with E-state index in [4.69, 9.17) is 20.3 Å². The Morgan fingerprint density at radius 1 is 1.21 bits per heavy atom. The molecule has 0 spiro atoms. The van der Waals surface area contributed by atoms with Crippen LogP contribution in [0.4, 0.5) is 0 Å². The average Bonchev–Trinajstić information content (AvgIpc) is 2.98. The van der Waals surface area contributed by atoms with Crippen LogP contribution in [0, 0.1) is 13.8 Å². The third-order valence-electron chi connectivity index (χ3n) is 4.89. The van der Waals surface area contributed by atoms with E-state index in [-0.39, 0.29) is 6.61 Å². The van der Waals surface area contributed by atoms with Gasteiger partial charge in [0, 0.05) is 24.0 Å². The number of aryl methyl sites for hydroxylation is 3. The number of nitrogens with two attached hydrogens (primary N) is 1. The van der Waals surface area contributed by atoms with Gasteiger partial charge in [0.1, 0.15) is 12.4 Å². The predicted octanol–water partition coefficient (Wildman–Crippen LogP) is 3.49. The molecular formula is C21H31N2O5P. The zero-order valence-electron chi connectivity index (χ0n) is 17.5. The van der Waals surface area contributed by atoms with Crippen LogP contribution in [0.15, 0.2) is 36.4 Å². The van der Waals surface area contributed by atoms with Gasteiger partial charge in [-0.1, -0.05) is 6.07 Å². The van der Waals surface area contributed by atoms with Crippen molar-refractivity contribution >= 4 is 13.9 Å². The summed E-state index contributed by atoms with van der Waals surface area (Å²) in [5.41, 5.74) is 9.82. The van der Waals surface area contributed by atoms with E-state index in [1.807, 2.05) is 49.5 Å². The van der Waals surface area contributed by atoms with Crippen LogP contribution in [-0.2, 0) is 22.6 Å². The Morgan fingerprint density at radius 3 is 2.59 bits per heavy atom. The number of aromatic nitrogens is 1. The first-order valence-corrected chi connectivity index (χ1v) is 11.0. The van der Waals surface area contributed by atoms with Crippen molar-refractivity contribution in [3.8, 4) is 5.75 Å². The van der Waals surface area contributed by atoms with Crippen LogP contribution in [-0.4, -0.2) is 33.1 Å². The highest BCUT2D eigenvalue weighted by Crippen LogP contribution is 2.36. The lowest BCUT2D eigenvalue weighted by Crippen LogP contribution is -2.41. The van der Waals surface area contributed by atoms with Gasteiger partial charge in [-0.15, -0.1) is 0 Å². The van der Waals surface area contributed by atoms with E-state index in [1.165, 1.54) is 11.1 Å². The Hall–Kier alpha value is -1.89. The van der Waals surface area contributed by atoms with E-state index in [9.17, 15) is 4.57 Å². The Labute approximate surface area is 172 Å². The fraction of sp³-hybridized carbons (Fsp3) is 0.429. The van der Waals surface area contributed by atoms with Crippen molar-refractivity contribution < 1.29 is 23.6 Å². The lowest BCUT2D eigenvalue weighted by Gasteiger charge is -2.24. The topological polar surface area (TPSA) is 107 Å². The fourth-order valence-corrected chi connectivity index (χ4v) is 3.29. The second-order valence-corrected chi connectivity index (χ2v) is 8.93. The maximum absolute atomic E-state index is 10.9. The van der Waals surface area contributed by atoms with Gasteiger partial charge in [-0.25, -0.2) is 4.57 Å². The molecule has 8 heteroatoms. The molecule has 0 radical (unpaired) electrons.